The van der Waals surface area contributed by atoms with Gasteiger partial charge in [0.15, 0.2) is 5.75 Å². The van der Waals surface area contributed by atoms with E-state index in [1.165, 1.54) is 10.8 Å². The second-order valence-corrected chi connectivity index (χ2v) is 8.27. The summed E-state index contributed by atoms with van der Waals surface area (Å²) < 4.78 is 8.59. The highest BCUT2D eigenvalue weighted by molar-refractivity contribution is 6.01. The van der Waals surface area contributed by atoms with Crippen molar-refractivity contribution in [3.05, 3.63) is 71.0 Å². The van der Waals surface area contributed by atoms with E-state index in [1.54, 1.807) is 19.0 Å². The minimum absolute atomic E-state index is 0. The number of fused-ring (bicyclic) bond motifs is 4. The first kappa shape index (κ1) is 21.2. The molecule has 0 saturated carbocycles. The molecule has 160 valence electrons. The number of amides is 1. The lowest BCUT2D eigenvalue weighted by Crippen LogP contribution is -2.25. The number of aryl methyl sites for hydroxylation is 2. The standard InChI is InChI=1S/C25H25N3O2.ClH/c1-15-26-23-21(28(15)4)14-20(25(29)27(2)3)19-11-12-22(30-24(19)23)18-10-9-16-7-5-6-8-17(16)13-18;/h5-10,13-14,22H,11-12H2,1-4H3;1H/t22-;/m0./s1. The van der Waals surface area contributed by atoms with Crippen molar-refractivity contribution < 1.29 is 9.53 Å². The van der Waals surface area contributed by atoms with Gasteiger partial charge in [0.2, 0.25) is 0 Å². The Labute approximate surface area is 188 Å². The van der Waals surface area contributed by atoms with E-state index in [2.05, 4.69) is 42.5 Å². The molecule has 1 aliphatic heterocycles. The molecule has 0 fully saturated rings. The van der Waals surface area contributed by atoms with Gasteiger partial charge in [-0.2, -0.15) is 0 Å². The Balaban J connectivity index is 0.00000231. The molecule has 0 N–H and O–H groups in total. The average molecular weight is 436 g/mol. The van der Waals surface area contributed by atoms with Crippen molar-refractivity contribution in [3.63, 3.8) is 0 Å². The maximum atomic E-state index is 12.9. The van der Waals surface area contributed by atoms with Gasteiger partial charge in [-0.3, -0.25) is 4.79 Å². The predicted molar refractivity (Wildman–Crippen MR) is 126 cm³/mol. The molecule has 0 saturated heterocycles. The summed E-state index contributed by atoms with van der Waals surface area (Å²) in [5.74, 6) is 1.66. The second-order valence-electron chi connectivity index (χ2n) is 8.27. The van der Waals surface area contributed by atoms with Crippen molar-refractivity contribution in [2.75, 3.05) is 14.1 Å². The van der Waals surface area contributed by atoms with Crippen molar-refractivity contribution in [3.8, 4) is 5.75 Å². The SMILES string of the molecule is Cc1nc2c3c(c(C(=O)N(C)C)cc2n1C)CC[C@@H](c1ccc2ccccc2c1)O3.Cl. The lowest BCUT2D eigenvalue weighted by atomic mass is 9.92. The fraction of sp³-hybridized carbons (Fsp3) is 0.280. The summed E-state index contributed by atoms with van der Waals surface area (Å²) in [4.78, 5) is 19.3. The summed E-state index contributed by atoms with van der Waals surface area (Å²) >= 11 is 0. The van der Waals surface area contributed by atoms with Crippen molar-refractivity contribution in [1.29, 1.82) is 0 Å². The fourth-order valence-corrected chi connectivity index (χ4v) is 4.37. The number of imidazole rings is 1. The Kier molecular flexibility index (Phi) is 5.40. The van der Waals surface area contributed by atoms with Crippen LogP contribution in [0.5, 0.6) is 5.75 Å². The average Bonchev–Trinajstić information content (AvgIpc) is 3.05. The summed E-state index contributed by atoms with van der Waals surface area (Å²) in [5, 5.41) is 2.43. The minimum atomic E-state index is -0.0580. The van der Waals surface area contributed by atoms with E-state index in [4.69, 9.17) is 9.72 Å². The summed E-state index contributed by atoms with van der Waals surface area (Å²) in [6.45, 7) is 1.98. The maximum absolute atomic E-state index is 12.9. The number of aromatic nitrogens is 2. The molecule has 2 heterocycles. The normalized spacial score (nSPS) is 15.3. The lowest BCUT2D eigenvalue weighted by Gasteiger charge is -2.29. The van der Waals surface area contributed by atoms with Crippen LogP contribution in [0.3, 0.4) is 0 Å². The summed E-state index contributed by atoms with van der Waals surface area (Å²) in [7, 11) is 5.55. The molecule has 0 unspecified atom stereocenters. The number of benzene rings is 3. The van der Waals surface area contributed by atoms with E-state index in [1.807, 2.05) is 24.6 Å². The Hall–Kier alpha value is -3.05. The quantitative estimate of drug-likeness (QED) is 0.433. The monoisotopic (exact) mass is 435 g/mol. The van der Waals surface area contributed by atoms with Crippen LogP contribution in [0.4, 0.5) is 0 Å². The number of nitrogens with zero attached hydrogens (tertiary/aromatic N) is 3. The molecule has 1 aliphatic rings. The number of hydrogen-bond donors (Lipinski definition) is 0. The summed E-state index contributed by atoms with van der Waals surface area (Å²) in [5.41, 5.74) is 4.60. The van der Waals surface area contributed by atoms with Gasteiger partial charge in [-0.15, -0.1) is 12.4 Å². The lowest BCUT2D eigenvalue weighted by molar-refractivity contribution is 0.0823. The molecule has 0 radical (unpaired) electrons. The largest absolute Gasteiger partial charge is 0.483 e. The van der Waals surface area contributed by atoms with E-state index in [0.717, 1.165) is 46.6 Å². The molecule has 0 spiro atoms. The van der Waals surface area contributed by atoms with Crippen LogP contribution in [-0.2, 0) is 13.5 Å². The Morgan fingerprint density at radius 1 is 1.13 bits per heavy atom. The third-order valence-electron chi connectivity index (χ3n) is 6.16. The van der Waals surface area contributed by atoms with Gasteiger partial charge in [0.1, 0.15) is 17.4 Å². The Bertz CT molecular complexity index is 1310. The molecule has 1 atom stereocenters. The zero-order chi connectivity index (χ0) is 21.0. The third-order valence-corrected chi connectivity index (χ3v) is 6.16. The first-order valence-corrected chi connectivity index (χ1v) is 10.3. The van der Waals surface area contributed by atoms with E-state index < -0.39 is 0 Å². The fourth-order valence-electron chi connectivity index (χ4n) is 4.37. The van der Waals surface area contributed by atoms with Crippen LogP contribution >= 0.6 is 12.4 Å². The van der Waals surface area contributed by atoms with Crippen molar-refractivity contribution in [2.24, 2.45) is 7.05 Å². The topological polar surface area (TPSA) is 47.4 Å². The zero-order valence-electron chi connectivity index (χ0n) is 18.2. The number of hydrogen-bond acceptors (Lipinski definition) is 3. The molecule has 5 nitrogen and oxygen atoms in total. The zero-order valence-corrected chi connectivity index (χ0v) is 19.0. The predicted octanol–water partition coefficient (Wildman–Crippen LogP) is 5.22. The van der Waals surface area contributed by atoms with Crippen LogP contribution in [0, 0.1) is 6.92 Å². The minimum Gasteiger partial charge on any atom is -0.483 e. The van der Waals surface area contributed by atoms with Gasteiger partial charge >= 0.3 is 0 Å². The smallest absolute Gasteiger partial charge is 0.253 e. The third kappa shape index (κ3) is 3.43. The highest BCUT2D eigenvalue weighted by Gasteiger charge is 2.30. The number of carbonyl (C=O) groups excluding carboxylic acids is 1. The van der Waals surface area contributed by atoms with E-state index >= 15 is 0 Å². The van der Waals surface area contributed by atoms with Crippen LogP contribution in [-0.4, -0.2) is 34.5 Å². The van der Waals surface area contributed by atoms with Gasteiger partial charge in [0.25, 0.3) is 5.91 Å². The second kappa shape index (κ2) is 7.89. The van der Waals surface area contributed by atoms with Gasteiger partial charge in [-0.05, 0) is 48.2 Å². The molecule has 1 aromatic heterocycles. The Morgan fingerprint density at radius 3 is 2.61 bits per heavy atom. The van der Waals surface area contributed by atoms with Crippen LogP contribution in [0.15, 0.2) is 48.5 Å². The molecule has 1 amide bonds. The molecule has 4 aromatic rings. The van der Waals surface area contributed by atoms with Gasteiger partial charge in [0.05, 0.1) is 5.52 Å². The molecule has 6 heteroatoms. The molecule has 5 rings (SSSR count). The Morgan fingerprint density at radius 2 is 1.87 bits per heavy atom. The number of halogens is 1. The van der Waals surface area contributed by atoms with E-state index in [9.17, 15) is 4.79 Å². The number of carbonyl (C=O) groups is 1. The summed E-state index contributed by atoms with van der Waals surface area (Å²) in [6.07, 6.45) is 1.56. The molecule has 0 aliphatic carbocycles. The molecular formula is C25H26ClN3O2. The number of rotatable bonds is 2. The van der Waals surface area contributed by atoms with Crippen molar-refractivity contribution in [2.45, 2.75) is 25.9 Å². The van der Waals surface area contributed by atoms with Crippen LogP contribution in [0.25, 0.3) is 21.8 Å². The van der Waals surface area contributed by atoms with Crippen molar-refractivity contribution >= 4 is 40.1 Å². The van der Waals surface area contributed by atoms with Crippen LogP contribution < -0.4 is 4.74 Å². The van der Waals surface area contributed by atoms with E-state index in [-0.39, 0.29) is 24.4 Å². The molecule has 3 aromatic carbocycles. The highest BCUT2D eigenvalue weighted by atomic mass is 35.5. The van der Waals surface area contributed by atoms with Gasteiger partial charge < -0.3 is 14.2 Å². The van der Waals surface area contributed by atoms with Crippen LogP contribution in [0.2, 0.25) is 0 Å². The van der Waals surface area contributed by atoms with Gasteiger partial charge in [-0.25, -0.2) is 4.98 Å². The van der Waals surface area contributed by atoms with Gasteiger partial charge in [-0.1, -0.05) is 36.4 Å². The van der Waals surface area contributed by atoms with Gasteiger partial charge in [0, 0.05) is 32.3 Å². The van der Waals surface area contributed by atoms with Crippen molar-refractivity contribution in [1.82, 2.24) is 14.5 Å². The molecule has 31 heavy (non-hydrogen) atoms. The molecule has 0 bridgehead atoms. The number of ether oxygens (including phenoxy) is 1. The first-order chi connectivity index (χ1) is 14.4. The molecular weight excluding hydrogens is 410 g/mol. The summed E-state index contributed by atoms with van der Waals surface area (Å²) in [6, 6.07) is 16.8. The van der Waals surface area contributed by atoms with E-state index in [0.29, 0.717) is 5.56 Å². The maximum Gasteiger partial charge on any atom is 0.253 e. The highest BCUT2D eigenvalue weighted by Crippen LogP contribution is 2.42. The first-order valence-electron chi connectivity index (χ1n) is 10.3. The van der Waals surface area contributed by atoms with Crippen LogP contribution in [0.1, 0.15) is 39.8 Å².